The monoisotopic (exact) mass is 276 g/mol. The maximum atomic E-state index is 10.3. The first-order valence-corrected chi connectivity index (χ1v) is 7.34. The Morgan fingerprint density at radius 1 is 0.700 bits per heavy atom. The molecular weight excluding hydrogens is 264 g/mol. The van der Waals surface area contributed by atoms with Gasteiger partial charge in [0.15, 0.2) is 0 Å². The molecule has 0 atom stereocenters. The second-order valence-corrected chi connectivity index (χ2v) is 5.89. The summed E-state index contributed by atoms with van der Waals surface area (Å²) in [6.07, 6.45) is 0. The maximum Gasteiger partial charge on any atom is 0.134 e. The van der Waals surface area contributed by atoms with E-state index in [1.807, 2.05) is 36.4 Å². The number of fused-ring (bicyclic) bond motifs is 3. The second-order valence-electron chi connectivity index (χ2n) is 4.84. The van der Waals surface area contributed by atoms with Crippen LogP contribution in [0.25, 0.3) is 31.3 Å². The number of hydrogen-bond acceptors (Lipinski definition) is 2. The Kier molecular flexibility index (Phi) is 2.51. The highest BCUT2D eigenvalue weighted by molar-refractivity contribution is 7.26. The summed E-state index contributed by atoms with van der Waals surface area (Å²) in [5.41, 5.74) is 2.18. The molecule has 0 aliphatic carbocycles. The number of phenols is 1. The average molecular weight is 276 g/mol. The van der Waals surface area contributed by atoms with Gasteiger partial charge in [-0.25, -0.2) is 0 Å². The molecule has 3 aromatic carbocycles. The van der Waals surface area contributed by atoms with Crippen molar-refractivity contribution in [1.29, 1.82) is 0 Å². The predicted octanol–water partition coefficient (Wildman–Crippen LogP) is 5.43. The molecule has 0 bridgehead atoms. The molecule has 4 aromatic rings. The van der Waals surface area contributed by atoms with Crippen LogP contribution in [0.5, 0.6) is 5.75 Å². The number of aromatic hydroxyl groups is 1. The van der Waals surface area contributed by atoms with Crippen LogP contribution in [-0.2, 0) is 0 Å². The Balaban J connectivity index is 2.08. The zero-order valence-corrected chi connectivity index (χ0v) is 11.5. The smallest absolute Gasteiger partial charge is 0.134 e. The maximum absolute atomic E-state index is 10.3. The van der Waals surface area contributed by atoms with Crippen molar-refractivity contribution in [2.45, 2.75) is 0 Å². The normalized spacial score (nSPS) is 11.2. The van der Waals surface area contributed by atoms with Gasteiger partial charge >= 0.3 is 0 Å². The summed E-state index contributed by atoms with van der Waals surface area (Å²) < 4.78 is 2.17. The lowest BCUT2D eigenvalue weighted by atomic mass is 10.0. The van der Waals surface area contributed by atoms with Crippen molar-refractivity contribution in [3.63, 3.8) is 0 Å². The fourth-order valence-corrected chi connectivity index (χ4v) is 3.70. The van der Waals surface area contributed by atoms with E-state index in [1.165, 1.54) is 10.1 Å². The first kappa shape index (κ1) is 11.5. The van der Waals surface area contributed by atoms with Crippen LogP contribution in [0.4, 0.5) is 0 Å². The van der Waals surface area contributed by atoms with Crippen molar-refractivity contribution in [1.82, 2.24) is 0 Å². The van der Waals surface area contributed by atoms with Gasteiger partial charge < -0.3 is 5.11 Å². The Labute approximate surface area is 120 Å². The highest BCUT2D eigenvalue weighted by Crippen LogP contribution is 2.41. The highest BCUT2D eigenvalue weighted by Gasteiger charge is 2.10. The first-order valence-electron chi connectivity index (χ1n) is 6.52. The van der Waals surface area contributed by atoms with Crippen molar-refractivity contribution in [3.8, 4) is 16.9 Å². The molecule has 0 saturated heterocycles. The zero-order valence-electron chi connectivity index (χ0n) is 10.7. The second kappa shape index (κ2) is 4.36. The van der Waals surface area contributed by atoms with Crippen molar-refractivity contribution in [3.05, 3.63) is 66.7 Å². The van der Waals surface area contributed by atoms with E-state index >= 15 is 0 Å². The van der Waals surface area contributed by atoms with Crippen LogP contribution in [0.1, 0.15) is 0 Å². The van der Waals surface area contributed by atoms with Crippen LogP contribution < -0.4 is 0 Å². The summed E-state index contributed by atoms with van der Waals surface area (Å²) in [5, 5.41) is 12.7. The van der Waals surface area contributed by atoms with Crippen LogP contribution >= 0.6 is 11.3 Å². The van der Waals surface area contributed by atoms with E-state index < -0.39 is 0 Å². The molecule has 1 N–H and O–H groups in total. The van der Waals surface area contributed by atoms with E-state index in [1.54, 1.807) is 11.3 Å². The van der Waals surface area contributed by atoms with Crippen molar-refractivity contribution in [2.75, 3.05) is 0 Å². The summed E-state index contributed by atoms with van der Waals surface area (Å²) in [6, 6.07) is 22.5. The van der Waals surface area contributed by atoms with Gasteiger partial charge in [0.2, 0.25) is 0 Å². The van der Waals surface area contributed by atoms with Crippen LogP contribution in [0.2, 0.25) is 0 Å². The third kappa shape index (κ3) is 1.69. The van der Waals surface area contributed by atoms with Gasteiger partial charge in [0.05, 0.1) is 4.70 Å². The molecule has 0 amide bonds. The lowest BCUT2D eigenvalue weighted by Crippen LogP contribution is -1.77. The molecule has 0 aliphatic rings. The predicted molar refractivity (Wildman–Crippen MR) is 86.4 cm³/mol. The number of benzene rings is 3. The van der Waals surface area contributed by atoms with Gasteiger partial charge in [-0.1, -0.05) is 48.5 Å². The van der Waals surface area contributed by atoms with Gasteiger partial charge in [0.25, 0.3) is 0 Å². The Bertz CT molecular complexity index is 907. The molecule has 0 unspecified atom stereocenters. The quantitative estimate of drug-likeness (QED) is 0.491. The third-order valence-electron chi connectivity index (χ3n) is 3.57. The van der Waals surface area contributed by atoms with E-state index in [0.717, 1.165) is 21.2 Å². The van der Waals surface area contributed by atoms with Crippen LogP contribution in [0.3, 0.4) is 0 Å². The van der Waals surface area contributed by atoms with Crippen LogP contribution in [0, 0.1) is 0 Å². The molecular formula is C18H12OS. The van der Waals surface area contributed by atoms with Gasteiger partial charge in [0, 0.05) is 15.5 Å². The Morgan fingerprint density at radius 3 is 2.30 bits per heavy atom. The molecule has 1 nitrogen and oxygen atoms in total. The van der Waals surface area contributed by atoms with E-state index in [4.69, 9.17) is 0 Å². The molecule has 96 valence electrons. The average Bonchev–Trinajstić information content (AvgIpc) is 2.88. The largest absolute Gasteiger partial charge is 0.506 e. The number of thiophene rings is 1. The number of phenolic OH excluding ortho intramolecular Hbond substituents is 1. The fourth-order valence-electron chi connectivity index (χ4n) is 2.61. The fraction of sp³-hybridized carbons (Fsp3) is 0. The topological polar surface area (TPSA) is 20.2 Å². The number of rotatable bonds is 1. The third-order valence-corrected chi connectivity index (χ3v) is 4.77. The molecule has 1 heterocycles. The molecule has 1 aromatic heterocycles. The minimum atomic E-state index is 0.363. The van der Waals surface area contributed by atoms with Gasteiger partial charge in [0.1, 0.15) is 5.75 Å². The van der Waals surface area contributed by atoms with Gasteiger partial charge in [-0.2, -0.15) is 0 Å². The van der Waals surface area contributed by atoms with Crippen LogP contribution in [-0.4, -0.2) is 5.11 Å². The van der Waals surface area contributed by atoms with Crippen LogP contribution in [0.15, 0.2) is 66.7 Å². The molecule has 0 saturated carbocycles. The lowest BCUT2D eigenvalue weighted by molar-refractivity contribution is 0.483. The lowest BCUT2D eigenvalue weighted by Gasteiger charge is -2.04. The van der Waals surface area contributed by atoms with Crippen molar-refractivity contribution in [2.24, 2.45) is 0 Å². The molecule has 0 radical (unpaired) electrons. The van der Waals surface area contributed by atoms with Gasteiger partial charge in [-0.15, -0.1) is 11.3 Å². The highest BCUT2D eigenvalue weighted by atomic mass is 32.1. The van der Waals surface area contributed by atoms with E-state index in [9.17, 15) is 5.11 Å². The Hall–Kier alpha value is -2.32. The summed E-state index contributed by atoms with van der Waals surface area (Å²) in [6.45, 7) is 0. The van der Waals surface area contributed by atoms with Gasteiger partial charge in [-0.05, 0) is 29.3 Å². The summed E-state index contributed by atoms with van der Waals surface area (Å²) in [7, 11) is 0. The molecule has 2 heteroatoms. The van der Waals surface area contributed by atoms with Crippen molar-refractivity contribution >= 4 is 31.5 Å². The zero-order chi connectivity index (χ0) is 13.5. The van der Waals surface area contributed by atoms with E-state index in [0.29, 0.717) is 5.75 Å². The summed E-state index contributed by atoms with van der Waals surface area (Å²) >= 11 is 1.64. The standard InChI is InChI=1S/C18H12OS/c19-16-11-13(12-6-2-1-3-7-12)10-15-14-8-4-5-9-17(14)20-18(15)16/h1-11,19H. The molecule has 4 rings (SSSR count). The minimum Gasteiger partial charge on any atom is -0.506 e. The van der Waals surface area contributed by atoms with Crippen molar-refractivity contribution < 1.29 is 5.11 Å². The Morgan fingerprint density at radius 2 is 1.45 bits per heavy atom. The summed E-state index contributed by atoms with van der Waals surface area (Å²) in [4.78, 5) is 0. The number of hydrogen-bond donors (Lipinski definition) is 1. The molecule has 20 heavy (non-hydrogen) atoms. The molecule has 0 fully saturated rings. The molecule has 0 aliphatic heterocycles. The van der Waals surface area contributed by atoms with E-state index in [2.05, 4.69) is 30.3 Å². The van der Waals surface area contributed by atoms with Gasteiger partial charge in [-0.3, -0.25) is 0 Å². The molecule has 0 spiro atoms. The summed E-state index contributed by atoms with van der Waals surface area (Å²) in [5.74, 6) is 0.363. The first-order chi connectivity index (χ1) is 9.83. The minimum absolute atomic E-state index is 0.363. The SMILES string of the molecule is Oc1cc(-c2ccccc2)cc2c1sc1ccccc12. The van der Waals surface area contributed by atoms with E-state index in [-0.39, 0.29) is 0 Å².